The first-order chi connectivity index (χ1) is 7.31. The van der Waals surface area contributed by atoms with Gasteiger partial charge in [-0.15, -0.1) is 0 Å². The van der Waals surface area contributed by atoms with Gasteiger partial charge in [0.2, 0.25) is 5.91 Å². The number of nitrogens with one attached hydrogen (secondary N) is 1. The van der Waals surface area contributed by atoms with Crippen molar-refractivity contribution in [2.45, 2.75) is 37.8 Å². The number of hydrogen-bond donors (Lipinski definition) is 1. The molecule has 1 amide bonds. The Morgan fingerprint density at radius 1 is 1.40 bits per heavy atom. The molecule has 2 atom stereocenters. The highest BCUT2D eigenvalue weighted by Gasteiger charge is 2.30. The SMILES string of the molecule is COC1CCCN(C(=O)[C@@H]2CCCN2)C1. The minimum absolute atomic E-state index is 0.0700. The lowest BCUT2D eigenvalue weighted by Gasteiger charge is -2.33. The zero-order valence-electron chi connectivity index (χ0n) is 9.37. The van der Waals surface area contributed by atoms with Gasteiger partial charge in [0.15, 0.2) is 0 Å². The van der Waals surface area contributed by atoms with Crippen molar-refractivity contribution in [3.8, 4) is 0 Å². The average Bonchev–Trinajstić information content (AvgIpc) is 2.81. The van der Waals surface area contributed by atoms with Gasteiger partial charge < -0.3 is 15.0 Å². The number of piperidine rings is 1. The molecule has 2 rings (SSSR count). The van der Waals surface area contributed by atoms with Gasteiger partial charge in [-0.05, 0) is 32.2 Å². The second kappa shape index (κ2) is 4.94. The van der Waals surface area contributed by atoms with Crippen LogP contribution in [0.2, 0.25) is 0 Å². The van der Waals surface area contributed by atoms with E-state index in [1.807, 2.05) is 4.90 Å². The second-order valence-electron chi connectivity index (χ2n) is 4.43. The summed E-state index contributed by atoms with van der Waals surface area (Å²) in [5.74, 6) is 0.272. The summed E-state index contributed by atoms with van der Waals surface area (Å²) in [7, 11) is 1.73. The first-order valence-electron chi connectivity index (χ1n) is 5.86. The van der Waals surface area contributed by atoms with E-state index in [0.717, 1.165) is 45.3 Å². The first-order valence-corrected chi connectivity index (χ1v) is 5.86. The molecule has 4 nitrogen and oxygen atoms in total. The molecule has 2 fully saturated rings. The van der Waals surface area contributed by atoms with Crippen LogP contribution in [0.1, 0.15) is 25.7 Å². The van der Waals surface area contributed by atoms with E-state index in [1.54, 1.807) is 7.11 Å². The number of amides is 1. The lowest BCUT2D eigenvalue weighted by Crippen LogP contribution is -2.49. The Labute approximate surface area is 91.0 Å². The number of ether oxygens (including phenoxy) is 1. The monoisotopic (exact) mass is 212 g/mol. The molecular weight excluding hydrogens is 192 g/mol. The maximum Gasteiger partial charge on any atom is 0.239 e. The van der Waals surface area contributed by atoms with Gasteiger partial charge in [-0.3, -0.25) is 4.79 Å². The summed E-state index contributed by atoms with van der Waals surface area (Å²) in [6.45, 7) is 2.66. The van der Waals surface area contributed by atoms with Crippen LogP contribution in [0.4, 0.5) is 0 Å². The predicted octanol–water partition coefficient (Wildman–Crippen LogP) is 0.376. The highest BCUT2D eigenvalue weighted by atomic mass is 16.5. The Hall–Kier alpha value is -0.610. The normalized spacial score (nSPS) is 31.9. The second-order valence-corrected chi connectivity index (χ2v) is 4.43. The van der Waals surface area contributed by atoms with Crippen LogP contribution < -0.4 is 5.32 Å². The lowest BCUT2D eigenvalue weighted by molar-refractivity contribution is -0.136. The maximum absolute atomic E-state index is 12.1. The molecule has 4 heteroatoms. The van der Waals surface area contributed by atoms with Gasteiger partial charge >= 0.3 is 0 Å². The van der Waals surface area contributed by atoms with E-state index < -0.39 is 0 Å². The molecule has 0 aromatic carbocycles. The van der Waals surface area contributed by atoms with Crippen molar-refractivity contribution in [3.63, 3.8) is 0 Å². The fourth-order valence-electron chi connectivity index (χ4n) is 2.45. The topological polar surface area (TPSA) is 41.6 Å². The van der Waals surface area contributed by atoms with Crippen LogP contribution >= 0.6 is 0 Å². The number of nitrogens with zero attached hydrogens (tertiary/aromatic N) is 1. The predicted molar refractivity (Wildman–Crippen MR) is 57.6 cm³/mol. The number of rotatable bonds is 2. The molecule has 0 spiro atoms. The van der Waals surface area contributed by atoms with Crippen molar-refractivity contribution in [2.75, 3.05) is 26.7 Å². The van der Waals surface area contributed by atoms with Gasteiger partial charge in [0, 0.05) is 20.2 Å². The van der Waals surface area contributed by atoms with Gasteiger partial charge in [-0.25, -0.2) is 0 Å². The van der Waals surface area contributed by atoms with E-state index in [4.69, 9.17) is 4.74 Å². The summed E-state index contributed by atoms with van der Waals surface area (Å²) in [5, 5.41) is 3.25. The molecule has 2 heterocycles. The Balaban J connectivity index is 1.88. The van der Waals surface area contributed by atoms with Crippen LogP contribution in [-0.4, -0.2) is 49.7 Å². The van der Waals surface area contributed by atoms with Crippen LogP contribution in [-0.2, 0) is 9.53 Å². The number of carbonyl (C=O) groups is 1. The average molecular weight is 212 g/mol. The van der Waals surface area contributed by atoms with Gasteiger partial charge in [0.1, 0.15) is 0 Å². The molecule has 0 aromatic heterocycles. The van der Waals surface area contributed by atoms with E-state index in [9.17, 15) is 4.79 Å². The number of methoxy groups -OCH3 is 1. The standard InChI is InChI=1S/C11H20N2O2/c1-15-9-4-3-7-13(8-9)11(14)10-5-2-6-12-10/h9-10,12H,2-8H2,1H3/t9?,10-/m0/s1. The van der Waals surface area contributed by atoms with E-state index in [2.05, 4.69) is 5.32 Å². The highest BCUT2D eigenvalue weighted by molar-refractivity contribution is 5.82. The summed E-state index contributed by atoms with van der Waals surface area (Å²) in [6.07, 6.45) is 4.50. The summed E-state index contributed by atoms with van der Waals surface area (Å²) < 4.78 is 5.32. The molecule has 2 aliphatic rings. The molecular formula is C11H20N2O2. The van der Waals surface area contributed by atoms with E-state index in [0.29, 0.717) is 0 Å². The fourth-order valence-corrected chi connectivity index (χ4v) is 2.45. The first kappa shape index (κ1) is 10.9. The molecule has 15 heavy (non-hydrogen) atoms. The van der Waals surface area contributed by atoms with E-state index in [-0.39, 0.29) is 18.1 Å². The minimum Gasteiger partial charge on any atom is -0.380 e. The molecule has 1 N–H and O–H groups in total. The fraction of sp³-hybridized carbons (Fsp3) is 0.909. The minimum atomic E-state index is 0.0700. The van der Waals surface area contributed by atoms with Crippen LogP contribution in [0.15, 0.2) is 0 Å². The van der Waals surface area contributed by atoms with Gasteiger partial charge in [-0.2, -0.15) is 0 Å². The van der Waals surface area contributed by atoms with Crippen LogP contribution in [0.25, 0.3) is 0 Å². The Morgan fingerprint density at radius 3 is 2.93 bits per heavy atom. The van der Waals surface area contributed by atoms with Crippen molar-refractivity contribution >= 4 is 5.91 Å². The number of carbonyl (C=O) groups excluding carboxylic acids is 1. The molecule has 0 bridgehead atoms. The highest BCUT2D eigenvalue weighted by Crippen LogP contribution is 2.16. The van der Waals surface area contributed by atoms with Crippen LogP contribution in [0, 0.1) is 0 Å². The van der Waals surface area contributed by atoms with Crippen molar-refractivity contribution < 1.29 is 9.53 Å². The third-order valence-corrected chi connectivity index (χ3v) is 3.38. The van der Waals surface area contributed by atoms with E-state index in [1.165, 1.54) is 0 Å². The Kier molecular flexibility index (Phi) is 3.59. The van der Waals surface area contributed by atoms with Gasteiger partial charge in [0.05, 0.1) is 12.1 Å². The van der Waals surface area contributed by atoms with Gasteiger partial charge in [0.25, 0.3) is 0 Å². The van der Waals surface area contributed by atoms with Crippen molar-refractivity contribution in [2.24, 2.45) is 0 Å². The third kappa shape index (κ3) is 2.49. The Bertz CT molecular complexity index is 227. The van der Waals surface area contributed by atoms with E-state index >= 15 is 0 Å². The van der Waals surface area contributed by atoms with Crippen molar-refractivity contribution in [1.82, 2.24) is 10.2 Å². The summed E-state index contributed by atoms with van der Waals surface area (Å²) in [6, 6.07) is 0.0700. The zero-order chi connectivity index (χ0) is 10.7. The van der Waals surface area contributed by atoms with Crippen molar-refractivity contribution in [3.05, 3.63) is 0 Å². The smallest absolute Gasteiger partial charge is 0.239 e. The van der Waals surface area contributed by atoms with Crippen LogP contribution in [0.5, 0.6) is 0 Å². The van der Waals surface area contributed by atoms with Gasteiger partial charge in [-0.1, -0.05) is 0 Å². The Morgan fingerprint density at radius 2 is 2.27 bits per heavy atom. The quantitative estimate of drug-likeness (QED) is 0.719. The summed E-state index contributed by atoms with van der Waals surface area (Å²) >= 11 is 0. The molecule has 0 radical (unpaired) electrons. The summed E-state index contributed by atoms with van der Waals surface area (Å²) in [4.78, 5) is 14.0. The molecule has 1 unspecified atom stereocenters. The number of likely N-dealkylation sites (tertiary alicyclic amines) is 1. The molecule has 0 saturated carbocycles. The largest absolute Gasteiger partial charge is 0.380 e. The molecule has 0 aromatic rings. The molecule has 86 valence electrons. The van der Waals surface area contributed by atoms with Crippen molar-refractivity contribution in [1.29, 1.82) is 0 Å². The lowest BCUT2D eigenvalue weighted by atomic mass is 10.1. The zero-order valence-corrected chi connectivity index (χ0v) is 9.37. The molecule has 0 aliphatic carbocycles. The third-order valence-electron chi connectivity index (χ3n) is 3.38. The summed E-state index contributed by atoms with van der Waals surface area (Å²) in [5.41, 5.74) is 0. The van der Waals surface area contributed by atoms with Crippen LogP contribution in [0.3, 0.4) is 0 Å². The molecule has 2 saturated heterocycles. The maximum atomic E-state index is 12.1. The molecule has 2 aliphatic heterocycles. The number of hydrogen-bond acceptors (Lipinski definition) is 3.